The molecule has 0 aliphatic carbocycles. The third-order valence-corrected chi connectivity index (χ3v) is 4.03. The molecule has 0 atom stereocenters. The van der Waals surface area contributed by atoms with Crippen LogP contribution in [0.15, 0.2) is 28.9 Å². The van der Waals surface area contributed by atoms with Gasteiger partial charge in [0.2, 0.25) is 0 Å². The van der Waals surface area contributed by atoms with Crippen LogP contribution >= 0.6 is 28.1 Å². The molecule has 3 aromatic rings. The number of benzene rings is 1. The number of nitrogens with zero attached hydrogens (tertiary/aromatic N) is 2. The Labute approximate surface area is 128 Å². The highest BCUT2D eigenvalue weighted by atomic mass is 79.9. The molecule has 1 aromatic carbocycles. The second-order valence-electron chi connectivity index (χ2n) is 4.70. The van der Waals surface area contributed by atoms with E-state index in [1.54, 1.807) is 16.8 Å². The molecule has 3 rings (SSSR count). The number of hydrogen-bond donors (Lipinski definition) is 1. The summed E-state index contributed by atoms with van der Waals surface area (Å²) >= 11 is 8.53. The van der Waals surface area contributed by atoms with E-state index in [9.17, 15) is 4.39 Å². The number of halogens is 2. The fourth-order valence-corrected chi connectivity index (χ4v) is 2.95. The Morgan fingerprint density at radius 2 is 2.05 bits per heavy atom. The molecule has 102 valence electrons. The molecule has 2 heterocycles. The van der Waals surface area contributed by atoms with Crippen molar-refractivity contribution in [3.8, 4) is 5.69 Å². The third-order valence-electron chi connectivity index (χ3n) is 3.14. The highest BCUT2D eigenvalue weighted by molar-refractivity contribution is 9.10. The minimum Gasteiger partial charge on any atom is -0.329 e. The number of imidazole rings is 1. The van der Waals surface area contributed by atoms with Gasteiger partial charge in [-0.3, -0.25) is 4.57 Å². The van der Waals surface area contributed by atoms with E-state index in [1.165, 1.54) is 6.07 Å². The highest BCUT2D eigenvalue weighted by Gasteiger charge is 2.12. The molecular formula is C14H11BrFN3S. The summed E-state index contributed by atoms with van der Waals surface area (Å²) in [4.78, 5) is 7.51. The monoisotopic (exact) mass is 351 g/mol. The van der Waals surface area contributed by atoms with Crippen LogP contribution in [-0.2, 0) is 0 Å². The smallest absolute Gasteiger partial charge is 0.184 e. The second-order valence-corrected chi connectivity index (χ2v) is 5.94. The van der Waals surface area contributed by atoms with Crippen molar-refractivity contribution in [2.75, 3.05) is 0 Å². The second kappa shape index (κ2) is 4.79. The van der Waals surface area contributed by atoms with Gasteiger partial charge in [-0.2, -0.15) is 0 Å². The Kier molecular flexibility index (Phi) is 3.22. The van der Waals surface area contributed by atoms with Gasteiger partial charge < -0.3 is 4.98 Å². The minimum atomic E-state index is -0.325. The molecule has 2 aromatic heterocycles. The standard InChI is InChI=1S/C14H11BrFN3S/c1-7-3-11-13(17-6-7)19(14(20)18-11)12-5-10(16)9(15)4-8(12)2/h3-6H,1-2H3,(H,18,20). The van der Waals surface area contributed by atoms with Gasteiger partial charge in [-0.1, -0.05) is 0 Å². The lowest BCUT2D eigenvalue weighted by Crippen LogP contribution is -2.00. The SMILES string of the molecule is Cc1cnc2c(c1)[nH]c(=S)n2-c1cc(F)c(Br)cc1C. The number of aromatic amines is 1. The van der Waals surface area contributed by atoms with E-state index in [-0.39, 0.29) is 5.82 Å². The highest BCUT2D eigenvalue weighted by Crippen LogP contribution is 2.26. The quantitative estimate of drug-likeness (QED) is 0.650. The average molecular weight is 352 g/mol. The first kappa shape index (κ1) is 13.5. The molecule has 0 bridgehead atoms. The van der Waals surface area contributed by atoms with Gasteiger partial charge in [0.05, 0.1) is 15.7 Å². The van der Waals surface area contributed by atoms with Crippen LogP contribution in [0, 0.1) is 24.4 Å². The number of rotatable bonds is 1. The Morgan fingerprint density at radius 1 is 1.30 bits per heavy atom. The molecule has 0 aliphatic rings. The van der Waals surface area contributed by atoms with Gasteiger partial charge in [0, 0.05) is 6.20 Å². The summed E-state index contributed by atoms with van der Waals surface area (Å²) in [5, 5.41) is 0. The Bertz CT molecular complexity index is 882. The lowest BCUT2D eigenvalue weighted by molar-refractivity contribution is 0.619. The normalized spacial score (nSPS) is 11.2. The van der Waals surface area contributed by atoms with Crippen LogP contribution in [0.5, 0.6) is 0 Å². The number of H-pyrrole nitrogens is 1. The Balaban J connectivity index is 2.38. The van der Waals surface area contributed by atoms with E-state index >= 15 is 0 Å². The number of aryl methyl sites for hydroxylation is 2. The zero-order valence-corrected chi connectivity index (χ0v) is 13.3. The zero-order chi connectivity index (χ0) is 14.4. The van der Waals surface area contributed by atoms with Crippen LogP contribution in [0.4, 0.5) is 4.39 Å². The molecule has 1 N–H and O–H groups in total. The molecule has 0 amide bonds. The lowest BCUT2D eigenvalue weighted by Gasteiger charge is -2.09. The first-order valence-corrected chi connectivity index (χ1v) is 7.21. The lowest BCUT2D eigenvalue weighted by atomic mass is 10.2. The summed E-state index contributed by atoms with van der Waals surface area (Å²) in [6.07, 6.45) is 1.77. The predicted molar refractivity (Wildman–Crippen MR) is 83.4 cm³/mol. The van der Waals surface area contributed by atoms with E-state index in [2.05, 4.69) is 25.9 Å². The molecule has 3 nitrogen and oxygen atoms in total. The van der Waals surface area contributed by atoms with E-state index in [1.807, 2.05) is 19.9 Å². The van der Waals surface area contributed by atoms with Crippen molar-refractivity contribution in [2.24, 2.45) is 0 Å². The fourth-order valence-electron chi connectivity index (χ4n) is 2.20. The first-order chi connectivity index (χ1) is 9.47. The molecular weight excluding hydrogens is 341 g/mol. The van der Waals surface area contributed by atoms with Crippen LogP contribution in [0.25, 0.3) is 16.9 Å². The first-order valence-electron chi connectivity index (χ1n) is 6.01. The molecule has 0 fully saturated rings. The molecule has 0 saturated carbocycles. The van der Waals surface area contributed by atoms with Crippen molar-refractivity contribution in [1.82, 2.24) is 14.5 Å². The Morgan fingerprint density at radius 3 is 2.80 bits per heavy atom. The van der Waals surface area contributed by atoms with Crippen molar-refractivity contribution >= 4 is 39.3 Å². The van der Waals surface area contributed by atoms with E-state index in [0.717, 1.165) is 16.6 Å². The van der Waals surface area contributed by atoms with Crippen molar-refractivity contribution in [1.29, 1.82) is 0 Å². The van der Waals surface area contributed by atoms with Gasteiger partial charge >= 0.3 is 0 Å². The van der Waals surface area contributed by atoms with Crippen LogP contribution < -0.4 is 0 Å². The predicted octanol–water partition coefficient (Wildman–Crippen LogP) is 4.60. The van der Waals surface area contributed by atoms with Gasteiger partial charge in [0.25, 0.3) is 0 Å². The van der Waals surface area contributed by atoms with Crippen LogP contribution in [0.3, 0.4) is 0 Å². The Hall–Kier alpha value is -1.53. The van der Waals surface area contributed by atoms with Crippen LogP contribution in [-0.4, -0.2) is 14.5 Å². The maximum absolute atomic E-state index is 13.8. The maximum atomic E-state index is 13.8. The summed E-state index contributed by atoms with van der Waals surface area (Å²) in [6.45, 7) is 3.87. The van der Waals surface area contributed by atoms with Gasteiger partial charge in [0.15, 0.2) is 10.4 Å². The van der Waals surface area contributed by atoms with E-state index < -0.39 is 0 Å². The summed E-state index contributed by atoms with van der Waals surface area (Å²) in [5.74, 6) is -0.325. The molecule has 0 aliphatic heterocycles. The van der Waals surface area contributed by atoms with Crippen LogP contribution in [0.1, 0.15) is 11.1 Å². The zero-order valence-electron chi connectivity index (χ0n) is 10.9. The number of fused-ring (bicyclic) bond motifs is 1. The fraction of sp³-hybridized carbons (Fsp3) is 0.143. The van der Waals surface area contributed by atoms with Gasteiger partial charge in [-0.15, -0.1) is 0 Å². The minimum absolute atomic E-state index is 0.325. The van der Waals surface area contributed by atoms with Gasteiger partial charge in [0.1, 0.15) is 5.82 Å². The van der Waals surface area contributed by atoms with Gasteiger partial charge in [-0.05, 0) is 71.3 Å². The molecule has 6 heteroatoms. The molecule has 0 radical (unpaired) electrons. The summed E-state index contributed by atoms with van der Waals surface area (Å²) in [7, 11) is 0. The summed E-state index contributed by atoms with van der Waals surface area (Å²) in [5.41, 5.74) is 4.19. The van der Waals surface area contributed by atoms with Crippen molar-refractivity contribution in [3.63, 3.8) is 0 Å². The largest absolute Gasteiger partial charge is 0.329 e. The van der Waals surface area contributed by atoms with Crippen LogP contribution in [0.2, 0.25) is 0 Å². The van der Waals surface area contributed by atoms with Crippen molar-refractivity contribution in [2.45, 2.75) is 13.8 Å². The topological polar surface area (TPSA) is 33.6 Å². The number of aromatic nitrogens is 3. The number of hydrogen-bond acceptors (Lipinski definition) is 2. The molecule has 20 heavy (non-hydrogen) atoms. The molecule has 0 spiro atoms. The molecule has 0 saturated heterocycles. The summed E-state index contributed by atoms with van der Waals surface area (Å²) in [6, 6.07) is 5.17. The summed E-state index contributed by atoms with van der Waals surface area (Å²) < 4.78 is 16.5. The van der Waals surface area contributed by atoms with Gasteiger partial charge in [-0.25, -0.2) is 9.37 Å². The maximum Gasteiger partial charge on any atom is 0.184 e. The van der Waals surface area contributed by atoms with E-state index in [4.69, 9.17) is 12.2 Å². The van der Waals surface area contributed by atoms with E-state index in [0.29, 0.717) is 20.6 Å². The van der Waals surface area contributed by atoms with Crippen molar-refractivity contribution < 1.29 is 4.39 Å². The van der Waals surface area contributed by atoms with Crippen molar-refractivity contribution in [3.05, 3.63) is 50.6 Å². The number of nitrogens with one attached hydrogen (secondary N) is 1. The third kappa shape index (κ3) is 2.09. The average Bonchev–Trinajstić information content (AvgIpc) is 2.69. The molecule has 0 unspecified atom stereocenters. The number of pyridine rings is 1.